The van der Waals surface area contributed by atoms with E-state index in [9.17, 15) is 0 Å². The van der Waals surface area contributed by atoms with E-state index >= 15 is 0 Å². The summed E-state index contributed by atoms with van der Waals surface area (Å²) in [7, 11) is 0. The van der Waals surface area contributed by atoms with Crippen LogP contribution < -0.4 is 10.5 Å². The van der Waals surface area contributed by atoms with E-state index in [-0.39, 0.29) is 0 Å². The molecule has 3 nitrogen and oxygen atoms in total. The van der Waals surface area contributed by atoms with Crippen molar-refractivity contribution in [1.82, 2.24) is 0 Å². The maximum absolute atomic E-state index is 8.78. The molecule has 0 aliphatic heterocycles. The second-order valence-electron chi connectivity index (χ2n) is 3.51. The molecule has 2 aromatic rings. The zero-order valence-corrected chi connectivity index (χ0v) is 11.5. The molecule has 5 heteroatoms. The van der Waals surface area contributed by atoms with Gasteiger partial charge in [0.05, 0.1) is 15.1 Å². The lowest BCUT2D eigenvalue weighted by Gasteiger charge is -2.09. The highest BCUT2D eigenvalue weighted by atomic mass is 79.9. The molecule has 0 aromatic heterocycles. The van der Waals surface area contributed by atoms with Crippen molar-refractivity contribution in [2.24, 2.45) is 0 Å². The molecule has 0 atom stereocenters. The van der Waals surface area contributed by atoms with Crippen molar-refractivity contribution in [1.29, 1.82) is 5.26 Å². The fourth-order valence-electron chi connectivity index (χ4n) is 1.38. The number of ether oxygens (including phenoxy) is 1. The average molecular weight is 324 g/mol. The van der Waals surface area contributed by atoms with E-state index in [1.807, 2.05) is 6.07 Å². The lowest BCUT2D eigenvalue weighted by Crippen LogP contribution is -1.91. The number of halogens is 2. The van der Waals surface area contributed by atoms with Gasteiger partial charge in [0.25, 0.3) is 0 Å². The number of nitriles is 1. The van der Waals surface area contributed by atoms with Crippen LogP contribution in [-0.4, -0.2) is 0 Å². The predicted octanol–water partition coefficient (Wildman–Crippen LogP) is 4.35. The molecule has 90 valence electrons. The normalized spacial score (nSPS) is 9.83. The molecule has 0 heterocycles. The molecular formula is C13H8BrClN2O. The van der Waals surface area contributed by atoms with Gasteiger partial charge in [-0.3, -0.25) is 0 Å². The van der Waals surface area contributed by atoms with Crippen molar-refractivity contribution in [2.75, 3.05) is 5.73 Å². The van der Waals surface area contributed by atoms with Gasteiger partial charge in [-0.15, -0.1) is 0 Å². The zero-order chi connectivity index (χ0) is 13.1. The number of anilines is 1. The van der Waals surface area contributed by atoms with Crippen molar-refractivity contribution >= 4 is 33.2 Å². The molecule has 0 unspecified atom stereocenters. The highest BCUT2D eigenvalue weighted by molar-refractivity contribution is 9.10. The first-order valence-corrected chi connectivity index (χ1v) is 6.20. The molecule has 0 saturated carbocycles. The molecule has 0 radical (unpaired) electrons. The lowest BCUT2D eigenvalue weighted by molar-refractivity contribution is 0.480. The van der Waals surface area contributed by atoms with Crippen molar-refractivity contribution in [3.63, 3.8) is 0 Å². The molecule has 0 fully saturated rings. The summed E-state index contributed by atoms with van der Waals surface area (Å²) in [5, 5.41) is 9.14. The minimum atomic E-state index is 0.357. The first-order chi connectivity index (χ1) is 8.61. The van der Waals surface area contributed by atoms with E-state index in [0.717, 1.165) is 0 Å². The second kappa shape index (κ2) is 5.30. The van der Waals surface area contributed by atoms with Crippen LogP contribution in [-0.2, 0) is 0 Å². The molecular weight excluding hydrogens is 316 g/mol. The summed E-state index contributed by atoms with van der Waals surface area (Å²) in [6.07, 6.45) is 0. The third-order valence-electron chi connectivity index (χ3n) is 2.28. The summed E-state index contributed by atoms with van der Waals surface area (Å²) in [4.78, 5) is 0. The van der Waals surface area contributed by atoms with E-state index in [1.165, 1.54) is 0 Å². The Hall–Kier alpha value is -1.70. The number of hydrogen-bond donors (Lipinski definition) is 1. The number of nitrogen functional groups attached to an aromatic ring is 1. The number of nitrogens with zero attached hydrogens (tertiary/aromatic N) is 1. The molecule has 2 aromatic carbocycles. The molecule has 0 amide bonds. The molecule has 0 aliphatic rings. The van der Waals surface area contributed by atoms with Crippen LogP contribution in [0.2, 0.25) is 5.02 Å². The summed E-state index contributed by atoms with van der Waals surface area (Å²) in [5.41, 5.74) is 6.76. The molecule has 2 rings (SSSR count). The van der Waals surface area contributed by atoms with Crippen LogP contribution >= 0.6 is 27.5 Å². The van der Waals surface area contributed by atoms with E-state index in [2.05, 4.69) is 15.9 Å². The average Bonchev–Trinajstić information content (AvgIpc) is 2.35. The fraction of sp³-hybridized carbons (Fsp3) is 0. The molecule has 0 saturated heterocycles. The van der Waals surface area contributed by atoms with Crippen LogP contribution in [0, 0.1) is 11.3 Å². The zero-order valence-electron chi connectivity index (χ0n) is 9.15. The number of hydrogen-bond acceptors (Lipinski definition) is 3. The monoisotopic (exact) mass is 322 g/mol. The summed E-state index contributed by atoms with van der Waals surface area (Å²) < 4.78 is 6.34. The Morgan fingerprint density at radius 1 is 1.28 bits per heavy atom. The number of nitrogens with two attached hydrogens (primary N) is 1. The van der Waals surface area contributed by atoms with Crippen molar-refractivity contribution in [2.45, 2.75) is 0 Å². The summed E-state index contributed by atoms with van der Waals surface area (Å²) in [6.45, 7) is 0. The Balaban J connectivity index is 2.32. The van der Waals surface area contributed by atoms with Crippen LogP contribution in [0.15, 0.2) is 40.9 Å². The minimum absolute atomic E-state index is 0.357. The van der Waals surface area contributed by atoms with Gasteiger partial charge in [0.2, 0.25) is 0 Å². The smallest absolute Gasteiger partial charge is 0.143 e. The largest absolute Gasteiger partial charge is 0.456 e. The third-order valence-corrected chi connectivity index (χ3v) is 3.44. The maximum atomic E-state index is 8.78. The van der Waals surface area contributed by atoms with Gasteiger partial charge in [0.15, 0.2) is 0 Å². The third kappa shape index (κ3) is 2.58. The molecule has 0 spiro atoms. The Morgan fingerprint density at radius 2 is 2.06 bits per heavy atom. The van der Waals surface area contributed by atoms with Crippen molar-refractivity contribution in [3.8, 4) is 17.6 Å². The van der Waals surface area contributed by atoms with Crippen LogP contribution in [0.1, 0.15) is 5.56 Å². The highest BCUT2D eigenvalue weighted by Crippen LogP contribution is 2.34. The van der Waals surface area contributed by atoms with Crippen LogP contribution in [0.4, 0.5) is 5.69 Å². The predicted molar refractivity (Wildman–Crippen MR) is 74.8 cm³/mol. The molecule has 18 heavy (non-hydrogen) atoms. The van der Waals surface area contributed by atoms with Crippen LogP contribution in [0.25, 0.3) is 0 Å². The van der Waals surface area contributed by atoms with Gasteiger partial charge in [-0.05, 0) is 40.2 Å². The summed E-state index contributed by atoms with van der Waals surface area (Å²) >= 11 is 9.28. The van der Waals surface area contributed by atoms with E-state index < -0.39 is 0 Å². The summed E-state index contributed by atoms with van der Waals surface area (Å²) in [5.74, 6) is 1.14. The first-order valence-electron chi connectivity index (χ1n) is 5.03. The van der Waals surface area contributed by atoms with Crippen LogP contribution in [0.3, 0.4) is 0 Å². The molecule has 0 bridgehead atoms. The van der Waals surface area contributed by atoms with E-state index in [1.54, 1.807) is 36.4 Å². The Bertz CT molecular complexity index is 637. The Labute approximate surface area is 118 Å². The van der Waals surface area contributed by atoms with Gasteiger partial charge in [0, 0.05) is 11.8 Å². The second-order valence-corrected chi connectivity index (χ2v) is 4.72. The van der Waals surface area contributed by atoms with Crippen molar-refractivity contribution in [3.05, 3.63) is 51.5 Å². The fourth-order valence-corrected chi connectivity index (χ4v) is 1.94. The van der Waals surface area contributed by atoms with Crippen molar-refractivity contribution < 1.29 is 4.74 Å². The van der Waals surface area contributed by atoms with Gasteiger partial charge in [-0.2, -0.15) is 5.26 Å². The van der Waals surface area contributed by atoms with Gasteiger partial charge >= 0.3 is 0 Å². The SMILES string of the molecule is N#Cc1ccc(Oc2cccc(N)c2Br)cc1Cl. The van der Waals surface area contributed by atoms with E-state index in [0.29, 0.717) is 32.2 Å². The topological polar surface area (TPSA) is 59.0 Å². The lowest BCUT2D eigenvalue weighted by atomic mass is 10.2. The van der Waals surface area contributed by atoms with Gasteiger partial charge in [-0.25, -0.2) is 0 Å². The number of benzene rings is 2. The quantitative estimate of drug-likeness (QED) is 0.836. The van der Waals surface area contributed by atoms with Crippen LogP contribution in [0.5, 0.6) is 11.5 Å². The van der Waals surface area contributed by atoms with Gasteiger partial charge in [-0.1, -0.05) is 17.7 Å². The standard InChI is InChI=1S/C13H8BrClN2O/c14-13-11(17)2-1-3-12(13)18-9-5-4-8(7-16)10(15)6-9/h1-6H,17H2. The maximum Gasteiger partial charge on any atom is 0.143 e. The van der Waals surface area contributed by atoms with Gasteiger partial charge < -0.3 is 10.5 Å². The summed E-state index contributed by atoms with van der Waals surface area (Å²) in [6, 6.07) is 12.2. The first kappa shape index (κ1) is 12.7. The number of rotatable bonds is 2. The Kier molecular flexibility index (Phi) is 3.75. The Morgan fingerprint density at radius 3 is 2.72 bits per heavy atom. The molecule has 0 aliphatic carbocycles. The minimum Gasteiger partial charge on any atom is -0.456 e. The van der Waals surface area contributed by atoms with E-state index in [4.69, 9.17) is 27.3 Å². The van der Waals surface area contributed by atoms with Gasteiger partial charge in [0.1, 0.15) is 17.6 Å². The highest BCUT2D eigenvalue weighted by Gasteiger charge is 2.07. The molecule has 2 N–H and O–H groups in total.